The SMILES string of the molecule is CN1CCCN(CC(=O)[C@@]23O[C@H](C4CCCCC4)O[C@@H]2C[C@H]2[C@@H]4CCC5=CC(=O)C=C[C@]5(C)[C@H]4[C@@H](O)C[C@@]23C)CC1. The lowest BCUT2D eigenvalue weighted by molar-refractivity contribution is -0.208. The summed E-state index contributed by atoms with van der Waals surface area (Å²) in [6.07, 6.45) is 14.5. The number of hydrogen-bond acceptors (Lipinski definition) is 7. The Labute approximate surface area is 245 Å². The van der Waals surface area contributed by atoms with E-state index in [0.29, 0.717) is 18.9 Å². The summed E-state index contributed by atoms with van der Waals surface area (Å²) < 4.78 is 14.0. The number of carbonyl (C=O) groups is 2. The Morgan fingerprint density at radius 1 is 1.07 bits per heavy atom. The zero-order valence-corrected chi connectivity index (χ0v) is 25.4. The summed E-state index contributed by atoms with van der Waals surface area (Å²) in [5.41, 5.74) is -0.669. The van der Waals surface area contributed by atoms with Crippen LogP contribution in [0.5, 0.6) is 0 Å². The molecule has 1 N–H and O–H groups in total. The third-order valence-corrected chi connectivity index (χ3v) is 12.9. The molecule has 0 spiro atoms. The van der Waals surface area contributed by atoms with Crippen molar-refractivity contribution in [1.82, 2.24) is 9.80 Å². The lowest BCUT2D eigenvalue weighted by atomic mass is 9.46. The number of likely N-dealkylation sites (N-methyl/N-ethyl adjacent to an activating group) is 1. The van der Waals surface area contributed by atoms with Crippen LogP contribution < -0.4 is 0 Å². The number of aliphatic hydroxyl groups excluding tert-OH is 1. The molecule has 6 fully saturated rings. The topological polar surface area (TPSA) is 79.3 Å². The monoisotopic (exact) mass is 566 g/mol. The van der Waals surface area contributed by atoms with E-state index < -0.39 is 17.1 Å². The van der Waals surface area contributed by atoms with Gasteiger partial charge in [0.05, 0.1) is 18.8 Å². The number of ether oxygens (including phenoxy) is 2. The Bertz CT molecular complexity index is 1130. The summed E-state index contributed by atoms with van der Waals surface area (Å²) in [5.74, 6) is 1.10. The number of carbonyl (C=O) groups excluding carboxylic acids is 2. The highest BCUT2D eigenvalue weighted by molar-refractivity contribution is 6.01. The van der Waals surface area contributed by atoms with Gasteiger partial charge in [0.2, 0.25) is 0 Å². The maximum Gasteiger partial charge on any atom is 0.181 e. The third kappa shape index (κ3) is 4.31. The number of nitrogens with zero attached hydrogens (tertiary/aromatic N) is 2. The van der Waals surface area contributed by atoms with Gasteiger partial charge in [-0.2, -0.15) is 0 Å². The van der Waals surface area contributed by atoms with E-state index in [2.05, 4.69) is 36.8 Å². The van der Waals surface area contributed by atoms with Gasteiger partial charge in [-0.1, -0.05) is 44.8 Å². The molecule has 2 saturated heterocycles. The Balaban J connectivity index is 1.23. The fraction of sp³-hybridized carbons (Fsp3) is 0.824. The van der Waals surface area contributed by atoms with Gasteiger partial charge in [0, 0.05) is 35.8 Å². The van der Waals surface area contributed by atoms with Crippen LogP contribution in [0.2, 0.25) is 0 Å². The highest BCUT2D eigenvalue weighted by Gasteiger charge is 2.76. The molecule has 0 aromatic carbocycles. The highest BCUT2D eigenvalue weighted by Crippen LogP contribution is 2.70. The van der Waals surface area contributed by atoms with Gasteiger partial charge >= 0.3 is 0 Å². The van der Waals surface area contributed by atoms with E-state index in [4.69, 9.17) is 9.47 Å². The number of ketones is 2. The predicted octanol–water partition coefficient (Wildman–Crippen LogP) is 4.14. The van der Waals surface area contributed by atoms with Gasteiger partial charge in [-0.05, 0) is 89.1 Å². The van der Waals surface area contributed by atoms with Crippen molar-refractivity contribution in [3.05, 3.63) is 23.8 Å². The van der Waals surface area contributed by atoms with Crippen molar-refractivity contribution in [3.63, 3.8) is 0 Å². The molecule has 41 heavy (non-hydrogen) atoms. The molecule has 0 bridgehead atoms. The minimum absolute atomic E-state index is 0.0335. The minimum Gasteiger partial charge on any atom is -0.393 e. The normalized spacial score (nSPS) is 47.2. The zero-order valence-electron chi connectivity index (χ0n) is 25.4. The number of Topliss-reactive ketones (excluding diaryl/α,β-unsaturated/α-hetero) is 1. The molecule has 0 unspecified atom stereocenters. The van der Waals surface area contributed by atoms with E-state index in [-0.39, 0.29) is 47.1 Å². The second kappa shape index (κ2) is 10.4. The molecular weight excluding hydrogens is 516 g/mol. The van der Waals surface area contributed by atoms with Crippen molar-refractivity contribution in [1.29, 1.82) is 0 Å². The molecular formula is C34H50N2O5. The maximum atomic E-state index is 14.8. The third-order valence-electron chi connectivity index (χ3n) is 12.9. The number of aliphatic hydroxyl groups is 1. The van der Waals surface area contributed by atoms with Gasteiger partial charge in [0.25, 0.3) is 0 Å². The molecule has 7 aliphatic rings. The minimum atomic E-state index is -1.01. The van der Waals surface area contributed by atoms with Crippen molar-refractivity contribution in [2.75, 3.05) is 39.8 Å². The quantitative estimate of drug-likeness (QED) is 0.548. The smallest absolute Gasteiger partial charge is 0.181 e. The largest absolute Gasteiger partial charge is 0.393 e. The van der Waals surface area contributed by atoms with E-state index in [1.807, 2.05) is 6.08 Å². The van der Waals surface area contributed by atoms with Crippen LogP contribution in [0.15, 0.2) is 23.8 Å². The fourth-order valence-corrected chi connectivity index (χ4v) is 10.8. The van der Waals surface area contributed by atoms with E-state index in [1.54, 1.807) is 6.08 Å². The fourth-order valence-electron chi connectivity index (χ4n) is 10.8. The molecule has 2 aliphatic heterocycles. The number of hydrogen-bond donors (Lipinski definition) is 1. The van der Waals surface area contributed by atoms with Crippen molar-refractivity contribution in [3.8, 4) is 0 Å². The van der Waals surface area contributed by atoms with Crippen molar-refractivity contribution in [2.45, 2.75) is 102 Å². The molecule has 7 nitrogen and oxygen atoms in total. The van der Waals surface area contributed by atoms with E-state index >= 15 is 0 Å². The second-order valence-corrected chi connectivity index (χ2v) is 15.0. The maximum absolute atomic E-state index is 14.8. The van der Waals surface area contributed by atoms with E-state index in [0.717, 1.165) is 70.3 Å². The van der Waals surface area contributed by atoms with Crippen LogP contribution in [0, 0.1) is 34.5 Å². The molecule has 226 valence electrons. The lowest BCUT2D eigenvalue weighted by Crippen LogP contribution is -2.64. The van der Waals surface area contributed by atoms with Crippen molar-refractivity contribution < 1.29 is 24.2 Å². The van der Waals surface area contributed by atoms with Crippen LogP contribution in [0.3, 0.4) is 0 Å². The van der Waals surface area contributed by atoms with Crippen LogP contribution >= 0.6 is 0 Å². The molecule has 2 heterocycles. The Kier molecular flexibility index (Phi) is 7.18. The average molecular weight is 567 g/mol. The zero-order chi connectivity index (χ0) is 28.6. The number of allylic oxidation sites excluding steroid dienone is 4. The lowest BCUT2D eigenvalue weighted by Gasteiger charge is -2.60. The Hall–Kier alpha value is -1.38. The molecule has 0 aromatic heterocycles. The number of fused-ring (bicyclic) bond motifs is 7. The van der Waals surface area contributed by atoms with Crippen LogP contribution in [0.4, 0.5) is 0 Å². The van der Waals surface area contributed by atoms with Gasteiger partial charge in [0.15, 0.2) is 23.5 Å². The predicted molar refractivity (Wildman–Crippen MR) is 156 cm³/mol. The van der Waals surface area contributed by atoms with Crippen LogP contribution in [-0.2, 0) is 19.1 Å². The molecule has 0 amide bonds. The average Bonchev–Trinajstić information content (AvgIpc) is 3.36. The van der Waals surface area contributed by atoms with E-state index in [1.165, 1.54) is 19.3 Å². The number of rotatable bonds is 4. The molecule has 5 aliphatic carbocycles. The van der Waals surface area contributed by atoms with Crippen LogP contribution in [0.1, 0.15) is 78.1 Å². The summed E-state index contributed by atoms with van der Waals surface area (Å²) in [7, 11) is 2.16. The molecule has 7 rings (SSSR count). The summed E-state index contributed by atoms with van der Waals surface area (Å²) in [5, 5.41) is 12.0. The molecule has 0 radical (unpaired) electrons. The van der Waals surface area contributed by atoms with Crippen LogP contribution in [0.25, 0.3) is 0 Å². The Morgan fingerprint density at radius 3 is 2.68 bits per heavy atom. The molecule has 7 heteroatoms. The first kappa shape index (κ1) is 28.4. The van der Waals surface area contributed by atoms with Gasteiger partial charge in [-0.15, -0.1) is 0 Å². The standard InChI is InChI=1S/C34H50N2O5/c1-32-13-12-24(37)18-23(32)10-11-25-26-19-29-34(33(26,2)20-27(38)30(25)32,41-31(40-29)22-8-5-4-6-9-22)28(39)21-36-15-7-14-35(3)16-17-36/h12-13,18,22,25-27,29-31,38H,4-11,14-17,19-21H2,1-3H3/t25-,26-,27-,29+,30+,31+,32-,33-,34+/m0/s1. The van der Waals surface area contributed by atoms with E-state index in [9.17, 15) is 14.7 Å². The highest BCUT2D eigenvalue weighted by atomic mass is 16.7. The molecule has 4 saturated carbocycles. The van der Waals surface area contributed by atoms with Crippen LogP contribution in [-0.4, -0.2) is 90.3 Å². The first-order chi connectivity index (χ1) is 19.7. The van der Waals surface area contributed by atoms with Gasteiger partial charge in [-0.3, -0.25) is 14.5 Å². The molecule has 0 aromatic rings. The summed E-state index contributed by atoms with van der Waals surface area (Å²) in [6, 6.07) is 0. The first-order valence-corrected chi connectivity index (χ1v) is 16.6. The van der Waals surface area contributed by atoms with Gasteiger partial charge in [0.1, 0.15) is 0 Å². The summed E-state index contributed by atoms with van der Waals surface area (Å²) in [4.78, 5) is 31.7. The van der Waals surface area contributed by atoms with Crippen molar-refractivity contribution in [2.24, 2.45) is 34.5 Å². The summed E-state index contributed by atoms with van der Waals surface area (Å²) >= 11 is 0. The first-order valence-electron chi connectivity index (χ1n) is 16.6. The molecule has 9 atom stereocenters. The van der Waals surface area contributed by atoms with Crippen molar-refractivity contribution >= 4 is 11.6 Å². The van der Waals surface area contributed by atoms with Gasteiger partial charge in [-0.25, -0.2) is 0 Å². The summed E-state index contributed by atoms with van der Waals surface area (Å²) in [6.45, 7) is 8.71. The second-order valence-electron chi connectivity index (χ2n) is 15.0. The van der Waals surface area contributed by atoms with Gasteiger partial charge < -0.3 is 19.5 Å². The Morgan fingerprint density at radius 2 is 1.88 bits per heavy atom.